The van der Waals surface area contributed by atoms with Crippen molar-refractivity contribution < 1.29 is 23.9 Å². The topological polar surface area (TPSA) is 84.9 Å². The minimum absolute atomic E-state index is 0.140. The molecule has 158 valence electrons. The number of esters is 1. The number of nitrogens with zero attached hydrogens (tertiary/aromatic N) is 1. The van der Waals surface area contributed by atoms with E-state index in [0.29, 0.717) is 19.4 Å². The standard InChI is InChI=1S/C23H26N2O5/c1-17(22(27)29-15-18-9-4-2-5-10-18)24-21(26)20-13-8-14-25(20)23(28)30-16-19-11-6-3-7-12-19/h2-7,9-12,17,20H,8,13-16H2,1H3,(H,24,26)/t17-,20-/m0/s1. The van der Waals surface area contributed by atoms with Gasteiger partial charge in [0.2, 0.25) is 5.91 Å². The lowest BCUT2D eigenvalue weighted by Crippen LogP contribution is -2.50. The summed E-state index contributed by atoms with van der Waals surface area (Å²) in [5.74, 6) is -0.906. The molecule has 0 saturated carbocycles. The fourth-order valence-corrected chi connectivity index (χ4v) is 3.28. The van der Waals surface area contributed by atoms with Gasteiger partial charge in [0.1, 0.15) is 25.3 Å². The first-order valence-corrected chi connectivity index (χ1v) is 10.0. The second-order valence-corrected chi connectivity index (χ2v) is 7.22. The third kappa shape index (κ3) is 5.83. The molecule has 2 atom stereocenters. The van der Waals surface area contributed by atoms with E-state index in [1.54, 1.807) is 6.92 Å². The first-order chi connectivity index (χ1) is 14.5. The molecule has 0 aliphatic carbocycles. The number of benzene rings is 2. The van der Waals surface area contributed by atoms with Crippen molar-refractivity contribution in [2.75, 3.05) is 6.54 Å². The van der Waals surface area contributed by atoms with Crippen molar-refractivity contribution in [2.45, 2.75) is 45.1 Å². The highest BCUT2D eigenvalue weighted by Crippen LogP contribution is 2.19. The number of likely N-dealkylation sites (tertiary alicyclic amines) is 1. The van der Waals surface area contributed by atoms with Gasteiger partial charge in [0.05, 0.1) is 0 Å². The molecule has 0 aromatic heterocycles. The van der Waals surface area contributed by atoms with Gasteiger partial charge >= 0.3 is 12.1 Å². The molecule has 1 saturated heterocycles. The molecule has 7 heteroatoms. The van der Waals surface area contributed by atoms with Crippen LogP contribution in [0.2, 0.25) is 0 Å². The van der Waals surface area contributed by atoms with Crippen LogP contribution in [0.15, 0.2) is 60.7 Å². The fraction of sp³-hybridized carbons (Fsp3) is 0.348. The average molecular weight is 410 g/mol. The van der Waals surface area contributed by atoms with Gasteiger partial charge in [-0.2, -0.15) is 0 Å². The molecule has 2 aromatic rings. The predicted molar refractivity (Wildman–Crippen MR) is 110 cm³/mol. The summed E-state index contributed by atoms with van der Waals surface area (Å²) in [6.45, 7) is 2.30. The molecule has 30 heavy (non-hydrogen) atoms. The first kappa shape index (κ1) is 21.4. The molecule has 0 unspecified atom stereocenters. The Morgan fingerprint density at radius 1 is 0.967 bits per heavy atom. The minimum Gasteiger partial charge on any atom is -0.459 e. The highest BCUT2D eigenvalue weighted by atomic mass is 16.6. The van der Waals surface area contributed by atoms with E-state index in [1.165, 1.54) is 4.90 Å². The van der Waals surface area contributed by atoms with Crippen molar-refractivity contribution >= 4 is 18.0 Å². The Morgan fingerprint density at radius 2 is 1.53 bits per heavy atom. The van der Waals surface area contributed by atoms with Crippen LogP contribution in [-0.4, -0.2) is 41.5 Å². The molecule has 1 aliphatic rings. The molecule has 0 radical (unpaired) electrons. The zero-order chi connectivity index (χ0) is 21.3. The monoisotopic (exact) mass is 410 g/mol. The van der Waals surface area contributed by atoms with E-state index in [-0.39, 0.29) is 19.1 Å². The van der Waals surface area contributed by atoms with Crippen LogP contribution in [0.4, 0.5) is 4.79 Å². The summed E-state index contributed by atoms with van der Waals surface area (Å²) >= 11 is 0. The van der Waals surface area contributed by atoms with Gasteiger partial charge in [-0.05, 0) is 30.9 Å². The largest absolute Gasteiger partial charge is 0.459 e. The van der Waals surface area contributed by atoms with Gasteiger partial charge in [0, 0.05) is 6.54 Å². The molecule has 2 amide bonds. The Morgan fingerprint density at radius 3 is 2.13 bits per heavy atom. The van der Waals surface area contributed by atoms with Crippen LogP contribution in [0.5, 0.6) is 0 Å². The third-order valence-corrected chi connectivity index (χ3v) is 4.93. The Labute approximate surface area is 176 Å². The second-order valence-electron chi connectivity index (χ2n) is 7.22. The Balaban J connectivity index is 1.48. The van der Waals surface area contributed by atoms with Crippen molar-refractivity contribution in [3.63, 3.8) is 0 Å². The number of hydrogen-bond donors (Lipinski definition) is 1. The summed E-state index contributed by atoms with van der Waals surface area (Å²) in [6.07, 6.45) is 0.694. The van der Waals surface area contributed by atoms with Gasteiger partial charge in [-0.1, -0.05) is 60.7 Å². The van der Waals surface area contributed by atoms with Crippen molar-refractivity contribution in [1.29, 1.82) is 0 Å². The highest BCUT2D eigenvalue weighted by molar-refractivity contribution is 5.89. The maximum atomic E-state index is 12.7. The summed E-state index contributed by atoms with van der Waals surface area (Å²) < 4.78 is 10.6. The normalized spacial score (nSPS) is 16.6. The molecular formula is C23H26N2O5. The molecule has 1 aliphatic heterocycles. The zero-order valence-corrected chi connectivity index (χ0v) is 17.0. The molecule has 0 spiro atoms. The van der Waals surface area contributed by atoms with Crippen LogP contribution in [0.1, 0.15) is 30.9 Å². The van der Waals surface area contributed by atoms with E-state index < -0.39 is 24.1 Å². The number of nitrogens with one attached hydrogen (secondary N) is 1. The number of ether oxygens (including phenoxy) is 2. The summed E-state index contributed by atoms with van der Waals surface area (Å²) in [7, 11) is 0. The molecule has 1 fully saturated rings. The van der Waals surface area contributed by atoms with Gasteiger partial charge in [-0.3, -0.25) is 9.69 Å². The maximum Gasteiger partial charge on any atom is 0.410 e. The van der Waals surface area contributed by atoms with Crippen molar-refractivity contribution in [3.05, 3.63) is 71.8 Å². The zero-order valence-electron chi connectivity index (χ0n) is 17.0. The highest BCUT2D eigenvalue weighted by Gasteiger charge is 2.36. The Kier molecular flexibility index (Phi) is 7.43. The van der Waals surface area contributed by atoms with Crippen LogP contribution in [0.25, 0.3) is 0 Å². The Bertz CT molecular complexity index is 856. The first-order valence-electron chi connectivity index (χ1n) is 10.0. The summed E-state index contributed by atoms with van der Waals surface area (Å²) in [6, 6.07) is 17.2. The van der Waals surface area contributed by atoms with Gasteiger partial charge < -0.3 is 14.8 Å². The third-order valence-electron chi connectivity index (χ3n) is 4.93. The summed E-state index contributed by atoms with van der Waals surface area (Å²) in [4.78, 5) is 38.7. The number of hydrogen-bond acceptors (Lipinski definition) is 5. The van der Waals surface area contributed by atoms with Gasteiger partial charge in [-0.15, -0.1) is 0 Å². The van der Waals surface area contributed by atoms with Crippen molar-refractivity contribution in [3.8, 4) is 0 Å². The van der Waals surface area contributed by atoms with E-state index >= 15 is 0 Å². The minimum atomic E-state index is -0.816. The van der Waals surface area contributed by atoms with E-state index in [1.807, 2.05) is 60.7 Å². The fourth-order valence-electron chi connectivity index (χ4n) is 3.28. The molecule has 3 rings (SSSR count). The van der Waals surface area contributed by atoms with E-state index in [4.69, 9.17) is 9.47 Å². The molecule has 1 heterocycles. The summed E-state index contributed by atoms with van der Waals surface area (Å²) in [5, 5.41) is 2.65. The lowest BCUT2D eigenvalue weighted by molar-refractivity contribution is -0.149. The van der Waals surface area contributed by atoms with Crippen molar-refractivity contribution in [2.24, 2.45) is 0 Å². The summed E-state index contributed by atoms with van der Waals surface area (Å²) in [5.41, 5.74) is 1.74. The van der Waals surface area contributed by atoms with Gasteiger partial charge in [-0.25, -0.2) is 9.59 Å². The number of amides is 2. The lowest BCUT2D eigenvalue weighted by Gasteiger charge is -2.24. The van der Waals surface area contributed by atoms with Crippen LogP contribution in [-0.2, 0) is 32.3 Å². The van der Waals surface area contributed by atoms with Gasteiger partial charge in [0.15, 0.2) is 0 Å². The molecular weight excluding hydrogens is 384 g/mol. The predicted octanol–water partition coefficient (Wildman–Crippen LogP) is 3.04. The number of carbonyl (C=O) groups excluding carboxylic acids is 3. The molecule has 2 aromatic carbocycles. The number of carbonyl (C=O) groups is 3. The van der Waals surface area contributed by atoms with Crippen LogP contribution < -0.4 is 5.32 Å². The van der Waals surface area contributed by atoms with Crippen LogP contribution in [0.3, 0.4) is 0 Å². The molecule has 0 bridgehead atoms. The van der Waals surface area contributed by atoms with E-state index in [2.05, 4.69) is 5.32 Å². The quantitative estimate of drug-likeness (QED) is 0.709. The van der Waals surface area contributed by atoms with Crippen molar-refractivity contribution in [1.82, 2.24) is 10.2 Å². The number of rotatable bonds is 7. The van der Waals surface area contributed by atoms with Gasteiger partial charge in [0.25, 0.3) is 0 Å². The average Bonchev–Trinajstić information content (AvgIpc) is 3.27. The molecule has 7 nitrogen and oxygen atoms in total. The SMILES string of the molecule is C[C@H](NC(=O)[C@@H]1CCCN1C(=O)OCc1ccccc1)C(=O)OCc1ccccc1. The van der Waals surface area contributed by atoms with Crippen LogP contribution in [0, 0.1) is 0 Å². The van der Waals surface area contributed by atoms with E-state index in [0.717, 1.165) is 11.1 Å². The van der Waals surface area contributed by atoms with Crippen LogP contribution >= 0.6 is 0 Å². The maximum absolute atomic E-state index is 12.7. The molecule has 1 N–H and O–H groups in total. The smallest absolute Gasteiger partial charge is 0.410 e. The second kappa shape index (κ2) is 10.4. The lowest BCUT2D eigenvalue weighted by atomic mass is 10.2. The van der Waals surface area contributed by atoms with E-state index in [9.17, 15) is 14.4 Å². The Hall–Kier alpha value is -3.35.